The molecular formula is C42H71N3O6Si2. The Morgan fingerprint density at radius 2 is 1.58 bits per heavy atom. The summed E-state index contributed by atoms with van der Waals surface area (Å²) in [5.74, 6) is 7.51. The van der Waals surface area contributed by atoms with Crippen molar-refractivity contribution in [1.29, 1.82) is 0 Å². The molecule has 0 aliphatic carbocycles. The van der Waals surface area contributed by atoms with Gasteiger partial charge < -0.3 is 23.1 Å². The van der Waals surface area contributed by atoms with Crippen LogP contribution < -0.4 is 9.47 Å². The second-order valence-electron chi connectivity index (χ2n) is 17.5. The molecule has 0 N–H and O–H groups in total. The van der Waals surface area contributed by atoms with E-state index in [0.29, 0.717) is 59.5 Å². The van der Waals surface area contributed by atoms with Crippen molar-refractivity contribution in [3.05, 3.63) is 45.9 Å². The van der Waals surface area contributed by atoms with Gasteiger partial charge in [-0.05, 0) is 76.6 Å². The monoisotopic (exact) mass is 769 g/mol. The van der Waals surface area contributed by atoms with Gasteiger partial charge in [-0.15, -0.1) is 5.92 Å². The van der Waals surface area contributed by atoms with E-state index in [2.05, 4.69) is 118 Å². The van der Waals surface area contributed by atoms with E-state index in [1.807, 2.05) is 18.2 Å². The summed E-state index contributed by atoms with van der Waals surface area (Å²) >= 11 is 0. The number of azide groups is 1. The minimum absolute atomic E-state index is 0.0215. The van der Waals surface area contributed by atoms with Crippen LogP contribution in [0, 0.1) is 29.6 Å². The molecule has 53 heavy (non-hydrogen) atoms. The summed E-state index contributed by atoms with van der Waals surface area (Å²) in [6, 6.07) is 3.70. The summed E-state index contributed by atoms with van der Waals surface area (Å²) in [7, 11) is -1.33. The van der Waals surface area contributed by atoms with E-state index in [-0.39, 0.29) is 35.0 Å². The van der Waals surface area contributed by atoms with Crippen LogP contribution in [-0.4, -0.2) is 61.7 Å². The SMILES string of the molecule is COc1cc2c(c(OC)c1)C(=O)O[C@H]([C@@H](C)[C@H](O[Si](C)(C)C(C)(C)C)[C@H](C)C/C=C\CN=[N+]=[N-])CC#CC[C@H](C)[C@H](O[Si](C(C)C)(C(C)C)C(C)C)C2. The van der Waals surface area contributed by atoms with Crippen molar-refractivity contribution in [1.82, 2.24) is 0 Å². The highest BCUT2D eigenvalue weighted by molar-refractivity contribution is 6.77. The number of rotatable bonds is 16. The average molecular weight is 770 g/mol. The van der Waals surface area contributed by atoms with Gasteiger partial charge in [0.15, 0.2) is 8.32 Å². The average Bonchev–Trinajstić information content (AvgIpc) is 3.07. The smallest absolute Gasteiger partial charge is 0.342 e. The number of fused-ring (bicyclic) bond motifs is 1. The summed E-state index contributed by atoms with van der Waals surface area (Å²) in [6.07, 6.45) is 5.26. The van der Waals surface area contributed by atoms with Crippen molar-refractivity contribution in [3.8, 4) is 23.3 Å². The fourth-order valence-corrected chi connectivity index (χ4v) is 14.8. The molecule has 0 saturated heterocycles. The zero-order chi connectivity index (χ0) is 40.3. The fourth-order valence-electron chi connectivity index (χ4n) is 7.70. The molecule has 298 valence electrons. The van der Waals surface area contributed by atoms with E-state index in [0.717, 1.165) is 12.0 Å². The Balaban J connectivity index is 2.74. The quantitative estimate of drug-likeness (QED) is 0.0315. The van der Waals surface area contributed by atoms with Gasteiger partial charge in [-0.3, -0.25) is 0 Å². The lowest BCUT2D eigenvalue weighted by Crippen LogP contribution is -2.51. The molecule has 0 spiro atoms. The molecule has 0 saturated carbocycles. The molecule has 1 heterocycles. The van der Waals surface area contributed by atoms with Gasteiger partial charge in [0.1, 0.15) is 23.2 Å². The normalized spacial score (nSPS) is 20.7. The van der Waals surface area contributed by atoms with Gasteiger partial charge in [0.2, 0.25) is 8.32 Å². The summed E-state index contributed by atoms with van der Waals surface area (Å²) in [4.78, 5) is 17.5. The number of nitrogens with zero attached hydrogens (tertiary/aromatic N) is 3. The van der Waals surface area contributed by atoms with Crippen LogP contribution in [0.15, 0.2) is 29.4 Å². The maximum atomic E-state index is 14.6. The Kier molecular flexibility index (Phi) is 17.7. The number of benzene rings is 1. The van der Waals surface area contributed by atoms with Crippen LogP contribution >= 0.6 is 0 Å². The molecule has 0 amide bonds. The predicted octanol–water partition coefficient (Wildman–Crippen LogP) is 11.7. The first kappa shape index (κ1) is 46.4. The second kappa shape index (κ2) is 20.3. The zero-order valence-corrected chi connectivity index (χ0v) is 37.8. The minimum Gasteiger partial charge on any atom is -0.497 e. The molecule has 1 aliphatic rings. The first-order valence-electron chi connectivity index (χ1n) is 19.6. The van der Waals surface area contributed by atoms with Gasteiger partial charge in [-0.25, -0.2) is 4.79 Å². The second-order valence-corrected chi connectivity index (χ2v) is 27.7. The number of esters is 1. The Morgan fingerprint density at radius 3 is 2.11 bits per heavy atom. The molecule has 6 atom stereocenters. The molecule has 1 aliphatic heterocycles. The molecule has 9 nitrogen and oxygen atoms in total. The number of carbonyl (C=O) groups is 1. The first-order valence-corrected chi connectivity index (χ1v) is 24.7. The topological polar surface area (TPSA) is 112 Å². The number of carbonyl (C=O) groups excluding carboxylic acids is 1. The summed E-state index contributed by atoms with van der Waals surface area (Å²) in [5, 5.41) is 3.62. The highest BCUT2D eigenvalue weighted by atomic mass is 28.4. The molecule has 0 aromatic heterocycles. The highest BCUT2D eigenvalue weighted by Crippen LogP contribution is 2.45. The van der Waals surface area contributed by atoms with Crippen LogP contribution in [0.25, 0.3) is 10.4 Å². The Morgan fingerprint density at radius 1 is 0.981 bits per heavy atom. The summed E-state index contributed by atoms with van der Waals surface area (Å²) < 4.78 is 32.8. The van der Waals surface area contributed by atoms with E-state index in [1.165, 1.54) is 0 Å². The zero-order valence-electron chi connectivity index (χ0n) is 35.8. The minimum atomic E-state index is -2.29. The number of hydrogen-bond acceptors (Lipinski definition) is 7. The molecular weight excluding hydrogens is 699 g/mol. The molecule has 1 aromatic rings. The predicted molar refractivity (Wildman–Crippen MR) is 223 cm³/mol. The summed E-state index contributed by atoms with van der Waals surface area (Å²) in [6.45, 7) is 31.8. The van der Waals surface area contributed by atoms with Gasteiger partial charge in [0, 0.05) is 36.3 Å². The van der Waals surface area contributed by atoms with Crippen LogP contribution in [0.3, 0.4) is 0 Å². The Labute approximate surface area is 324 Å². The summed E-state index contributed by atoms with van der Waals surface area (Å²) in [5.41, 5.74) is 11.1. The van der Waals surface area contributed by atoms with Crippen LogP contribution in [0.5, 0.6) is 11.5 Å². The van der Waals surface area contributed by atoms with Crippen LogP contribution in [0.1, 0.15) is 118 Å². The number of methoxy groups -OCH3 is 2. The first-order chi connectivity index (χ1) is 24.7. The molecule has 0 bridgehead atoms. The van der Waals surface area contributed by atoms with Crippen molar-refractivity contribution < 1.29 is 27.9 Å². The largest absolute Gasteiger partial charge is 0.497 e. The standard InChI is InChI=1S/C42H71N3O6Si2/c1-28(2)53(29(3)4,30(5)6)50-37-26-34-25-35(47-13)27-38(48-14)39(34)41(46)49-36(23-18-17-21-31(37)7)33(9)40(51-52(15,16)42(10,11)12)32(8)22-19-20-24-44-45-43/h19-20,25,27-33,36-37,40H,21-24,26H2,1-16H3/b20-19-/t31-,32+,33+,36-,37+,40+/m0/s1. The molecule has 2 rings (SSSR count). The Hall–Kier alpha value is -2.75. The van der Waals surface area contributed by atoms with Gasteiger partial charge >= 0.3 is 5.97 Å². The molecule has 11 heteroatoms. The van der Waals surface area contributed by atoms with Crippen molar-refractivity contribution >= 4 is 22.6 Å². The van der Waals surface area contributed by atoms with E-state index in [9.17, 15) is 4.79 Å². The maximum Gasteiger partial charge on any atom is 0.342 e. The highest BCUT2D eigenvalue weighted by Gasteiger charge is 2.48. The maximum absolute atomic E-state index is 14.6. The third-order valence-corrected chi connectivity index (χ3v) is 22.5. The lowest BCUT2D eigenvalue weighted by molar-refractivity contribution is -0.0218. The number of allylic oxidation sites excluding steroid dienone is 1. The van der Waals surface area contributed by atoms with E-state index < -0.39 is 28.7 Å². The molecule has 0 fully saturated rings. The van der Waals surface area contributed by atoms with Gasteiger partial charge in [0.25, 0.3) is 0 Å². The van der Waals surface area contributed by atoms with Crippen molar-refractivity contribution in [2.24, 2.45) is 22.9 Å². The lowest BCUT2D eigenvalue weighted by atomic mass is 9.86. The van der Waals surface area contributed by atoms with Crippen molar-refractivity contribution in [2.45, 2.75) is 162 Å². The van der Waals surface area contributed by atoms with Gasteiger partial charge in [0.05, 0.1) is 26.4 Å². The fraction of sp³-hybridized carbons (Fsp3) is 0.738. The van der Waals surface area contributed by atoms with Crippen LogP contribution in [-0.2, 0) is 20.0 Å². The van der Waals surface area contributed by atoms with Gasteiger partial charge in [-0.2, -0.15) is 0 Å². The van der Waals surface area contributed by atoms with E-state index >= 15 is 0 Å². The number of hydrogen-bond donors (Lipinski definition) is 0. The molecule has 0 unspecified atom stereocenters. The van der Waals surface area contributed by atoms with Crippen LogP contribution in [0.4, 0.5) is 0 Å². The van der Waals surface area contributed by atoms with Crippen molar-refractivity contribution in [2.75, 3.05) is 20.8 Å². The van der Waals surface area contributed by atoms with E-state index in [1.54, 1.807) is 20.3 Å². The lowest BCUT2D eigenvalue weighted by Gasteiger charge is -2.46. The number of ether oxygens (including phenoxy) is 3. The van der Waals surface area contributed by atoms with Crippen LogP contribution in [0.2, 0.25) is 34.8 Å². The van der Waals surface area contributed by atoms with E-state index in [4.69, 9.17) is 28.6 Å². The third kappa shape index (κ3) is 11.9. The van der Waals surface area contributed by atoms with Gasteiger partial charge in [-0.1, -0.05) is 106 Å². The Bertz CT molecular complexity index is 1460. The third-order valence-electron chi connectivity index (χ3n) is 11.9. The number of cyclic esters (lactones) is 1. The molecule has 1 aromatic carbocycles. The molecule has 0 radical (unpaired) electrons. The van der Waals surface area contributed by atoms with Crippen molar-refractivity contribution in [3.63, 3.8) is 0 Å².